The van der Waals surface area contributed by atoms with Crippen molar-refractivity contribution in [2.24, 2.45) is 5.73 Å². The van der Waals surface area contributed by atoms with Gasteiger partial charge >= 0.3 is 0 Å². The number of rotatable bonds is 4. The number of benzene rings is 1. The maximum Gasteiger partial charge on any atom is 0.248 e. The van der Waals surface area contributed by atoms with Crippen LogP contribution in [-0.2, 0) is 6.54 Å². The van der Waals surface area contributed by atoms with Crippen molar-refractivity contribution in [2.75, 3.05) is 5.32 Å². The van der Waals surface area contributed by atoms with Crippen LogP contribution in [-0.4, -0.2) is 5.91 Å². The molecule has 0 radical (unpaired) electrons. The monoisotopic (exact) mass is 266 g/mol. The van der Waals surface area contributed by atoms with Crippen LogP contribution in [0.1, 0.15) is 15.2 Å². The zero-order chi connectivity index (χ0) is 12.3. The molecule has 3 N–H and O–H groups in total. The van der Waals surface area contributed by atoms with E-state index in [0.717, 1.165) is 15.6 Å². The maximum atomic E-state index is 10.9. The molecule has 1 aromatic heterocycles. The molecule has 0 aliphatic carbocycles. The first-order valence-electron chi connectivity index (χ1n) is 5.02. The number of hydrogen-bond donors (Lipinski definition) is 2. The summed E-state index contributed by atoms with van der Waals surface area (Å²) >= 11 is 7.44. The topological polar surface area (TPSA) is 55.1 Å². The van der Waals surface area contributed by atoms with E-state index in [2.05, 4.69) is 5.32 Å². The Labute approximate surface area is 108 Å². The summed E-state index contributed by atoms with van der Waals surface area (Å²) in [5, 5.41) is 5.90. The lowest BCUT2D eigenvalue weighted by atomic mass is 10.2. The van der Waals surface area contributed by atoms with Gasteiger partial charge in [-0.05, 0) is 30.3 Å². The second-order valence-electron chi connectivity index (χ2n) is 3.53. The van der Waals surface area contributed by atoms with Gasteiger partial charge in [-0.1, -0.05) is 11.6 Å². The minimum atomic E-state index is -0.415. The van der Waals surface area contributed by atoms with Gasteiger partial charge in [0.25, 0.3) is 0 Å². The minimum Gasteiger partial charge on any atom is -0.380 e. The Balaban J connectivity index is 1.97. The smallest absolute Gasteiger partial charge is 0.248 e. The molecule has 3 nitrogen and oxygen atoms in total. The zero-order valence-corrected chi connectivity index (χ0v) is 10.5. The van der Waals surface area contributed by atoms with Crippen LogP contribution < -0.4 is 11.1 Å². The molecule has 0 unspecified atom stereocenters. The summed E-state index contributed by atoms with van der Waals surface area (Å²) in [6.07, 6.45) is 0. The summed E-state index contributed by atoms with van der Waals surface area (Å²) in [4.78, 5) is 12.0. The molecule has 5 heteroatoms. The normalized spacial score (nSPS) is 10.2. The standard InChI is InChI=1S/C12H11ClN2OS/c13-9-5-11(17-7-9)6-15-10-3-1-8(2-4-10)12(14)16/h1-5,7,15H,6H2,(H2,14,16). The molecule has 2 rings (SSSR count). The molecule has 88 valence electrons. The molecule has 1 amide bonds. The minimum absolute atomic E-state index is 0.415. The number of nitrogens with one attached hydrogen (secondary N) is 1. The molecule has 0 bridgehead atoms. The number of halogens is 1. The van der Waals surface area contributed by atoms with E-state index in [9.17, 15) is 4.79 Å². The van der Waals surface area contributed by atoms with Crippen molar-refractivity contribution in [1.29, 1.82) is 0 Å². The van der Waals surface area contributed by atoms with Crippen molar-refractivity contribution in [3.8, 4) is 0 Å². The Morgan fingerprint density at radius 2 is 2.06 bits per heavy atom. The van der Waals surface area contributed by atoms with Crippen molar-refractivity contribution < 1.29 is 4.79 Å². The summed E-state index contributed by atoms with van der Waals surface area (Å²) in [7, 11) is 0. The largest absolute Gasteiger partial charge is 0.380 e. The third kappa shape index (κ3) is 3.22. The van der Waals surface area contributed by atoms with Crippen molar-refractivity contribution >= 4 is 34.5 Å². The Morgan fingerprint density at radius 1 is 1.35 bits per heavy atom. The number of nitrogens with two attached hydrogens (primary N) is 1. The summed E-state index contributed by atoms with van der Waals surface area (Å²) in [6, 6.07) is 8.99. The van der Waals surface area contributed by atoms with Crippen molar-refractivity contribution in [3.05, 3.63) is 51.2 Å². The lowest BCUT2D eigenvalue weighted by Crippen LogP contribution is -2.10. The summed E-state index contributed by atoms with van der Waals surface area (Å²) in [5.74, 6) is -0.415. The molecule has 0 atom stereocenters. The molecule has 17 heavy (non-hydrogen) atoms. The maximum absolute atomic E-state index is 10.9. The molecular formula is C12H11ClN2OS. The molecule has 0 fully saturated rings. The second-order valence-corrected chi connectivity index (χ2v) is 4.96. The van der Waals surface area contributed by atoms with E-state index in [1.54, 1.807) is 23.5 Å². The lowest BCUT2D eigenvalue weighted by Gasteiger charge is -2.04. The molecule has 0 spiro atoms. The van der Waals surface area contributed by atoms with Crippen LogP contribution in [0.25, 0.3) is 0 Å². The van der Waals surface area contributed by atoms with E-state index in [0.29, 0.717) is 12.1 Å². The number of thiophene rings is 1. The molecule has 0 saturated carbocycles. The highest BCUT2D eigenvalue weighted by atomic mass is 35.5. The summed E-state index contributed by atoms with van der Waals surface area (Å²) < 4.78 is 0. The fourth-order valence-corrected chi connectivity index (χ4v) is 2.40. The molecule has 0 aliphatic rings. The van der Waals surface area contributed by atoms with Gasteiger partial charge in [0, 0.05) is 28.1 Å². The molecule has 0 aliphatic heterocycles. The number of hydrogen-bond acceptors (Lipinski definition) is 3. The zero-order valence-electron chi connectivity index (χ0n) is 8.94. The number of carbonyl (C=O) groups is 1. The average molecular weight is 267 g/mol. The molecular weight excluding hydrogens is 256 g/mol. The Kier molecular flexibility index (Phi) is 3.66. The second kappa shape index (κ2) is 5.21. The van der Waals surface area contributed by atoms with Gasteiger partial charge in [0.15, 0.2) is 0 Å². The van der Waals surface area contributed by atoms with Gasteiger partial charge in [-0.3, -0.25) is 4.79 Å². The first kappa shape index (κ1) is 12.0. The number of carbonyl (C=O) groups excluding carboxylic acids is 1. The van der Waals surface area contributed by atoms with Crippen molar-refractivity contribution in [2.45, 2.75) is 6.54 Å². The van der Waals surface area contributed by atoms with Gasteiger partial charge in [0.05, 0.1) is 5.02 Å². The fraction of sp³-hybridized carbons (Fsp3) is 0.0833. The number of primary amides is 1. The number of anilines is 1. The van der Waals surface area contributed by atoms with E-state index in [1.807, 2.05) is 23.6 Å². The molecule has 0 saturated heterocycles. The first-order chi connectivity index (χ1) is 8.15. The third-order valence-electron chi connectivity index (χ3n) is 2.26. The van der Waals surface area contributed by atoms with E-state index < -0.39 is 5.91 Å². The average Bonchev–Trinajstić information content (AvgIpc) is 2.73. The summed E-state index contributed by atoms with van der Waals surface area (Å²) in [5.41, 5.74) is 6.61. The molecule has 1 aromatic carbocycles. The van der Waals surface area contributed by atoms with Crippen LogP contribution in [0.3, 0.4) is 0 Å². The Hall–Kier alpha value is -1.52. The molecule has 1 heterocycles. The van der Waals surface area contributed by atoms with Crippen LogP contribution in [0, 0.1) is 0 Å². The van der Waals surface area contributed by atoms with Crippen LogP contribution in [0.15, 0.2) is 35.7 Å². The highest BCUT2D eigenvalue weighted by Gasteiger charge is 2.00. The molecule has 2 aromatic rings. The van der Waals surface area contributed by atoms with Gasteiger partial charge in [0.2, 0.25) is 5.91 Å². The van der Waals surface area contributed by atoms with E-state index in [-0.39, 0.29) is 0 Å². The van der Waals surface area contributed by atoms with E-state index >= 15 is 0 Å². The van der Waals surface area contributed by atoms with Crippen molar-refractivity contribution in [3.63, 3.8) is 0 Å². The van der Waals surface area contributed by atoms with Gasteiger partial charge in [-0.2, -0.15) is 0 Å². The van der Waals surface area contributed by atoms with Crippen LogP contribution >= 0.6 is 22.9 Å². The fourth-order valence-electron chi connectivity index (χ4n) is 1.39. The van der Waals surface area contributed by atoms with Gasteiger partial charge in [-0.15, -0.1) is 11.3 Å². The van der Waals surface area contributed by atoms with Crippen LogP contribution in [0.2, 0.25) is 5.02 Å². The third-order valence-corrected chi connectivity index (χ3v) is 3.54. The summed E-state index contributed by atoms with van der Waals surface area (Å²) in [6.45, 7) is 0.716. The SMILES string of the molecule is NC(=O)c1ccc(NCc2cc(Cl)cs2)cc1. The van der Waals surface area contributed by atoms with Gasteiger partial charge in [0.1, 0.15) is 0 Å². The van der Waals surface area contributed by atoms with Crippen LogP contribution in [0.4, 0.5) is 5.69 Å². The first-order valence-corrected chi connectivity index (χ1v) is 6.27. The lowest BCUT2D eigenvalue weighted by molar-refractivity contribution is 0.100. The number of amides is 1. The van der Waals surface area contributed by atoms with E-state index in [1.165, 1.54) is 0 Å². The van der Waals surface area contributed by atoms with E-state index in [4.69, 9.17) is 17.3 Å². The highest BCUT2D eigenvalue weighted by molar-refractivity contribution is 7.10. The van der Waals surface area contributed by atoms with Gasteiger partial charge in [-0.25, -0.2) is 0 Å². The predicted octanol–water partition coefficient (Wildman–Crippen LogP) is 3.11. The Morgan fingerprint density at radius 3 is 2.59 bits per heavy atom. The highest BCUT2D eigenvalue weighted by Crippen LogP contribution is 2.20. The Bertz CT molecular complexity index is 522. The van der Waals surface area contributed by atoms with Gasteiger partial charge < -0.3 is 11.1 Å². The van der Waals surface area contributed by atoms with Crippen molar-refractivity contribution in [1.82, 2.24) is 0 Å². The quantitative estimate of drug-likeness (QED) is 0.893. The predicted molar refractivity (Wildman–Crippen MR) is 71.6 cm³/mol. The van der Waals surface area contributed by atoms with Crippen LogP contribution in [0.5, 0.6) is 0 Å².